The van der Waals surface area contributed by atoms with Crippen LogP contribution >= 0.6 is 0 Å². The van der Waals surface area contributed by atoms with Gasteiger partial charge in [0.25, 0.3) is 0 Å². The maximum atomic E-state index is 13.6. The summed E-state index contributed by atoms with van der Waals surface area (Å²) in [4.78, 5) is 2.41. The molecule has 0 heterocycles. The molecule has 0 aliphatic heterocycles. The summed E-state index contributed by atoms with van der Waals surface area (Å²) >= 11 is 0. The van der Waals surface area contributed by atoms with Crippen LogP contribution in [0.25, 0.3) is 0 Å². The Morgan fingerprint density at radius 1 is 1.00 bits per heavy atom. The number of halogens is 2. The summed E-state index contributed by atoms with van der Waals surface area (Å²) in [5.74, 6) is -0.301. The minimum atomic E-state index is -0.702. The second-order valence-electron chi connectivity index (χ2n) is 5.96. The Labute approximate surface area is 143 Å². The normalized spacial score (nSPS) is 12.4. The Kier molecular flexibility index (Phi) is 6.73. The van der Waals surface area contributed by atoms with E-state index in [0.29, 0.717) is 11.7 Å². The number of ether oxygens (including phenoxy) is 1. The van der Waals surface area contributed by atoms with Crippen LogP contribution in [-0.2, 0) is 0 Å². The second-order valence-corrected chi connectivity index (χ2v) is 5.96. The summed E-state index contributed by atoms with van der Waals surface area (Å²) < 4.78 is 32.0. The standard InChI is InChI=1S/C20H25F2NO/c1-4-23(5-2)13-12-15(3)16-6-9-18(10-7-16)24-20-11-8-17(21)14-19(20)22/h6-11,14-15H,4-5,12-13H2,1-3H3. The highest BCUT2D eigenvalue weighted by Crippen LogP contribution is 2.27. The van der Waals surface area contributed by atoms with Crippen LogP contribution < -0.4 is 4.74 Å². The first-order chi connectivity index (χ1) is 11.5. The molecule has 0 fully saturated rings. The molecule has 0 aromatic heterocycles. The molecule has 0 N–H and O–H groups in total. The minimum absolute atomic E-state index is 0.0266. The molecule has 1 unspecified atom stereocenters. The quantitative estimate of drug-likeness (QED) is 0.624. The van der Waals surface area contributed by atoms with E-state index in [9.17, 15) is 8.78 Å². The topological polar surface area (TPSA) is 12.5 Å². The fraction of sp³-hybridized carbons (Fsp3) is 0.400. The lowest BCUT2D eigenvalue weighted by molar-refractivity contribution is 0.292. The van der Waals surface area contributed by atoms with Gasteiger partial charge >= 0.3 is 0 Å². The van der Waals surface area contributed by atoms with E-state index in [-0.39, 0.29) is 5.75 Å². The van der Waals surface area contributed by atoms with Gasteiger partial charge in [0, 0.05) is 6.07 Å². The van der Waals surface area contributed by atoms with E-state index >= 15 is 0 Å². The van der Waals surface area contributed by atoms with Crippen LogP contribution in [0.1, 0.15) is 38.7 Å². The molecular weight excluding hydrogens is 308 g/mol. The van der Waals surface area contributed by atoms with Crippen LogP contribution in [0.3, 0.4) is 0 Å². The molecule has 0 bridgehead atoms. The SMILES string of the molecule is CCN(CC)CCC(C)c1ccc(Oc2ccc(F)cc2F)cc1. The van der Waals surface area contributed by atoms with E-state index in [2.05, 4.69) is 25.7 Å². The van der Waals surface area contributed by atoms with E-state index in [0.717, 1.165) is 32.1 Å². The van der Waals surface area contributed by atoms with E-state index < -0.39 is 11.6 Å². The smallest absolute Gasteiger partial charge is 0.168 e. The van der Waals surface area contributed by atoms with Gasteiger partial charge in [0.15, 0.2) is 11.6 Å². The second kappa shape index (κ2) is 8.78. The van der Waals surface area contributed by atoms with Gasteiger partial charge in [-0.15, -0.1) is 0 Å². The zero-order chi connectivity index (χ0) is 17.5. The van der Waals surface area contributed by atoms with Crippen molar-refractivity contribution < 1.29 is 13.5 Å². The molecule has 0 radical (unpaired) electrons. The van der Waals surface area contributed by atoms with Crippen molar-refractivity contribution in [3.8, 4) is 11.5 Å². The van der Waals surface area contributed by atoms with Crippen molar-refractivity contribution in [3.05, 3.63) is 59.7 Å². The van der Waals surface area contributed by atoms with E-state index in [4.69, 9.17) is 4.74 Å². The third-order valence-corrected chi connectivity index (χ3v) is 4.34. The molecular formula is C20H25F2NO. The first-order valence-electron chi connectivity index (χ1n) is 8.48. The van der Waals surface area contributed by atoms with Crippen molar-refractivity contribution in [1.29, 1.82) is 0 Å². The lowest BCUT2D eigenvalue weighted by Crippen LogP contribution is -2.24. The molecule has 0 saturated carbocycles. The Balaban J connectivity index is 1.97. The van der Waals surface area contributed by atoms with Crippen LogP contribution in [0.2, 0.25) is 0 Å². The zero-order valence-electron chi connectivity index (χ0n) is 14.6. The average Bonchev–Trinajstić information content (AvgIpc) is 2.59. The molecule has 0 amide bonds. The van der Waals surface area contributed by atoms with Gasteiger partial charge in [-0.05, 0) is 61.8 Å². The lowest BCUT2D eigenvalue weighted by atomic mass is 9.97. The number of nitrogens with zero attached hydrogens (tertiary/aromatic N) is 1. The third-order valence-electron chi connectivity index (χ3n) is 4.34. The first kappa shape index (κ1) is 18.4. The van der Waals surface area contributed by atoms with E-state index in [1.54, 1.807) is 0 Å². The van der Waals surface area contributed by atoms with Gasteiger partial charge in [-0.3, -0.25) is 0 Å². The predicted octanol–water partition coefficient (Wildman–Crippen LogP) is 5.59. The van der Waals surface area contributed by atoms with Gasteiger partial charge in [-0.25, -0.2) is 8.78 Å². The van der Waals surface area contributed by atoms with Gasteiger partial charge < -0.3 is 9.64 Å². The molecule has 0 spiro atoms. The van der Waals surface area contributed by atoms with Gasteiger partial charge in [0.05, 0.1) is 0 Å². The number of benzene rings is 2. The highest BCUT2D eigenvalue weighted by atomic mass is 19.1. The average molecular weight is 333 g/mol. The summed E-state index contributed by atoms with van der Waals surface area (Å²) in [5, 5.41) is 0. The number of hydrogen-bond donors (Lipinski definition) is 0. The summed E-state index contributed by atoms with van der Waals surface area (Å²) in [7, 11) is 0. The van der Waals surface area contributed by atoms with Crippen molar-refractivity contribution in [2.24, 2.45) is 0 Å². The maximum Gasteiger partial charge on any atom is 0.168 e. The fourth-order valence-electron chi connectivity index (χ4n) is 2.63. The van der Waals surface area contributed by atoms with Crippen LogP contribution in [0.5, 0.6) is 11.5 Å². The third kappa shape index (κ3) is 5.03. The van der Waals surface area contributed by atoms with Crippen molar-refractivity contribution in [2.45, 2.75) is 33.1 Å². The zero-order valence-corrected chi connectivity index (χ0v) is 14.6. The molecule has 0 aliphatic rings. The van der Waals surface area contributed by atoms with Crippen LogP contribution in [0.15, 0.2) is 42.5 Å². The van der Waals surface area contributed by atoms with Crippen molar-refractivity contribution in [1.82, 2.24) is 4.90 Å². The van der Waals surface area contributed by atoms with Crippen molar-refractivity contribution in [2.75, 3.05) is 19.6 Å². The molecule has 2 rings (SSSR count). The van der Waals surface area contributed by atoms with E-state index in [1.807, 2.05) is 24.3 Å². The summed E-state index contributed by atoms with van der Waals surface area (Å²) in [6, 6.07) is 11.0. The Bertz CT molecular complexity index is 639. The Hall–Kier alpha value is -1.94. The molecule has 2 aromatic carbocycles. The van der Waals surface area contributed by atoms with Gasteiger partial charge in [0.1, 0.15) is 11.6 Å². The maximum absolute atomic E-state index is 13.6. The molecule has 0 saturated heterocycles. The Morgan fingerprint density at radius 2 is 1.67 bits per heavy atom. The molecule has 1 atom stereocenters. The fourth-order valence-corrected chi connectivity index (χ4v) is 2.63. The monoisotopic (exact) mass is 333 g/mol. The molecule has 130 valence electrons. The van der Waals surface area contributed by atoms with Crippen LogP contribution in [0.4, 0.5) is 8.78 Å². The Morgan fingerprint density at radius 3 is 2.25 bits per heavy atom. The minimum Gasteiger partial charge on any atom is -0.454 e. The number of hydrogen-bond acceptors (Lipinski definition) is 2. The van der Waals surface area contributed by atoms with Gasteiger partial charge in [-0.1, -0.05) is 32.9 Å². The van der Waals surface area contributed by atoms with Gasteiger partial charge in [-0.2, -0.15) is 0 Å². The van der Waals surface area contributed by atoms with Crippen LogP contribution in [0, 0.1) is 11.6 Å². The highest BCUT2D eigenvalue weighted by molar-refractivity contribution is 5.34. The highest BCUT2D eigenvalue weighted by Gasteiger charge is 2.10. The predicted molar refractivity (Wildman–Crippen MR) is 93.7 cm³/mol. The largest absolute Gasteiger partial charge is 0.454 e. The summed E-state index contributed by atoms with van der Waals surface area (Å²) in [6.45, 7) is 9.77. The molecule has 0 aliphatic carbocycles. The van der Waals surface area contributed by atoms with E-state index in [1.165, 1.54) is 17.7 Å². The molecule has 2 nitrogen and oxygen atoms in total. The summed E-state index contributed by atoms with van der Waals surface area (Å²) in [6.07, 6.45) is 1.09. The lowest BCUT2D eigenvalue weighted by Gasteiger charge is -2.20. The van der Waals surface area contributed by atoms with Gasteiger partial charge in [0.2, 0.25) is 0 Å². The molecule has 24 heavy (non-hydrogen) atoms. The summed E-state index contributed by atoms with van der Waals surface area (Å²) in [5.41, 5.74) is 1.23. The van der Waals surface area contributed by atoms with Crippen molar-refractivity contribution >= 4 is 0 Å². The number of rotatable bonds is 8. The van der Waals surface area contributed by atoms with Crippen molar-refractivity contribution in [3.63, 3.8) is 0 Å². The molecule has 4 heteroatoms. The van der Waals surface area contributed by atoms with Crippen LogP contribution in [-0.4, -0.2) is 24.5 Å². The first-order valence-corrected chi connectivity index (χ1v) is 8.48. The molecule has 2 aromatic rings.